The smallest absolute Gasteiger partial charge is 0.224 e. The monoisotopic (exact) mass is 198 g/mol. The van der Waals surface area contributed by atoms with Gasteiger partial charge in [0.1, 0.15) is 6.04 Å². The molecule has 0 saturated carbocycles. The quantitative estimate of drug-likeness (QED) is 0.640. The fourth-order valence-corrected chi connectivity index (χ4v) is 1.73. The zero-order valence-corrected chi connectivity index (χ0v) is 8.34. The molecule has 0 fully saturated rings. The van der Waals surface area contributed by atoms with E-state index in [0.29, 0.717) is 0 Å². The Kier molecular flexibility index (Phi) is 2.26. The highest BCUT2D eigenvalue weighted by Gasteiger charge is 2.25. The molecule has 1 heterocycles. The third kappa shape index (κ3) is 1.50. The van der Waals surface area contributed by atoms with Gasteiger partial charge in [-0.1, -0.05) is 24.3 Å². The molecule has 2 rings (SSSR count). The van der Waals surface area contributed by atoms with Crippen molar-refractivity contribution in [2.24, 2.45) is 0 Å². The molecule has 0 saturated heterocycles. The minimum Gasteiger partial charge on any atom is -0.299 e. The van der Waals surface area contributed by atoms with E-state index >= 15 is 0 Å². The standard InChI is InChI=1S/C12H10N2O/c1-9(15)14-7-6-10-4-2-3-5-11(10)12(14)8-13/h2-7,12H,1H3. The van der Waals surface area contributed by atoms with Gasteiger partial charge in [0.05, 0.1) is 6.07 Å². The van der Waals surface area contributed by atoms with E-state index in [4.69, 9.17) is 5.26 Å². The highest BCUT2D eigenvalue weighted by atomic mass is 16.2. The molecule has 0 aromatic heterocycles. The second-order valence-electron chi connectivity index (χ2n) is 3.40. The zero-order chi connectivity index (χ0) is 10.8. The van der Waals surface area contributed by atoms with Gasteiger partial charge in [0.2, 0.25) is 5.91 Å². The van der Waals surface area contributed by atoms with Crippen molar-refractivity contribution in [2.75, 3.05) is 0 Å². The molecule has 1 aromatic rings. The summed E-state index contributed by atoms with van der Waals surface area (Å²) in [6.45, 7) is 1.46. The summed E-state index contributed by atoms with van der Waals surface area (Å²) in [4.78, 5) is 12.7. The third-order valence-corrected chi connectivity index (χ3v) is 2.47. The largest absolute Gasteiger partial charge is 0.299 e. The molecule has 3 heteroatoms. The summed E-state index contributed by atoms with van der Waals surface area (Å²) in [5, 5.41) is 9.08. The topological polar surface area (TPSA) is 44.1 Å². The second kappa shape index (κ2) is 3.58. The number of amides is 1. The lowest BCUT2D eigenvalue weighted by atomic mass is 9.97. The molecule has 74 valence electrons. The van der Waals surface area contributed by atoms with E-state index in [9.17, 15) is 4.79 Å². The number of nitriles is 1. The van der Waals surface area contributed by atoms with Crippen LogP contribution in [0.2, 0.25) is 0 Å². The third-order valence-electron chi connectivity index (χ3n) is 2.47. The Balaban J connectivity index is 2.52. The maximum absolute atomic E-state index is 11.3. The Morgan fingerprint density at radius 2 is 2.20 bits per heavy atom. The lowest BCUT2D eigenvalue weighted by molar-refractivity contribution is -0.127. The molecule has 0 spiro atoms. The molecule has 0 aliphatic carbocycles. The number of fused-ring (bicyclic) bond motifs is 1. The highest BCUT2D eigenvalue weighted by molar-refractivity contribution is 5.78. The minimum atomic E-state index is -0.497. The van der Waals surface area contributed by atoms with Crippen LogP contribution in [0.3, 0.4) is 0 Å². The number of hydrogen-bond donors (Lipinski definition) is 0. The molecular weight excluding hydrogens is 188 g/mol. The van der Waals surface area contributed by atoms with Gasteiger partial charge < -0.3 is 0 Å². The van der Waals surface area contributed by atoms with Gasteiger partial charge in [0.15, 0.2) is 0 Å². The van der Waals surface area contributed by atoms with Crippen LogP contribution in [0.15, 0.2) is 30.5 Å². The van der Waals surface area contributed by atoms with Gasteiger partial charge in [-0.25, -0.2) is 0 Å². The Labute approximate surface area is 88.2 Å². The summed E-state index contributed by atoms with van der Waals surface area (Å²) in [5.74, 6) is -0.118. The number of nitrogens with zero attached hydrogens (tertiary/aromatic N) is 2. The van der Waals surface area contributed by atoms with Crippen LogP contribution in [-0.4, -0.2) is 10.8 Å². The molecule has 0 N–H and O–H groups in total. The molecule has 1 unspecified atom stereocenters. The van der Waals surface area contributed by atoms with E-state index in [-0.39, 0.29) is 5.91 Å². The van der Waals surface area contributed by atoms with Crippen molar-refractivity contribution in [3.63, 3.8) is 0 Å². The van der Waals surface area contributed by atoms with Gasteiger partial charge in [0, 0.05) is 13.1 Å². The summed E-state index contributed by atoms with van der Waals surface area (Å²) >= 11 is 0. The Hall–Kier alpha value is -2.08. The second-order valence-corrected chi connectivity index (χ2v) is 3.40. The molecule has 0 radical (unpaired) electrons. The zero-order valence-electron chi connectivity index (χ0n) is 8.34. The molecule has 1 aromatic carbocycles. The van der Waals surface area contributed by atoms with Crippen LogP contribution in [0.1, 0.15) is 24.1 Å². The summed E-state index contributed by atoms with van der Waals surface area (Å²) in [6.07, 6.45) is 3.52. The molecule has 3 nitrogen and oxygen atoms in total. The summed E-state index contributed by atoms with van der Waals surface area (Å²) in [6, 6.07) is 9.26. The fraction of sp³-hybridized carbons (Fsp3) is 0.167. The van der Waals surface area contributed by atoms with Crippen molar-refractivity contribution in [3.05, 3.63) is 41.6 Å². The van der Waals surface area contributed by atoms with Gasteiger partial charge in [0.25, 0.3) is 0 Å². The van der Waals surface area contributed by atoms with E-state index < -0.39 is 6.04 Å². The number of hydrogen-bond acceptors (Lipinski definition) is 2. The van der Waals surface area contributed by atoms with Gasteiger partial charge in [-0.2, -0.15) is 5.26 Å². The molecule has 1 amide bonds. The van der Waals surface area contributed by atoms with Crippen LogP contribution in [-0.2, 0) is 4.79 Å². The summed E-state index contributed by atoms with van der Waals surface area (Å²) in [5.41, 5.74) is 1.89. The molecule has 1 aliphatic rings. The Morgan fingerprint density at radius 1 is 1.47 bits per heavy atom. The fourth-order valence-electron chi connectivity index (χ4n) is 1.73. The van der Waals surface area contributed by atoms with Gasteiger partial charge in [-0.3, -0.25) is 9.69 Å². The Morgan fingerprint density at radius 3 is 2.87 bits per heavy atom. The van der Waals surface area contributed by atoms with E-state index in [1.165, 1.54) is 11.8 Å². The first kappa shape index (κ1) is 9.47. The summed E-state index contributed by atoms with van der Waals surface area (Å²) in [7, 11) is 0. The first-order chi connectivity index (χ1) is 7.24. The summed E-state index contributed by atoms with van der Waals surface area (Å²) < 4.78 is 0. The lowest BCUT2D eigenvalue weighted by Crippen LogP contribution is -2.29. The maximum Gasteiger partial charge on any atom is 0.224 e. The molecule has 15 heavy (non-hydrogen) atoms. The predicted octanol–water partition coefficient (Wildman–Crippen LogP) is 2.08. The van der Waals surface area contributed by atoms with Crippen LogP contribution < -0.4 is 0 Å². The van der Waals surface area contributed by atoms with Crippen LogP contribution >= 0.6 is 0 Å². The van der Waals surface area contributed by atoms with E-state index in [1.807, 2.05) is 30.3 Å². The average molecular weight is 198 g/mol. The first-order valence-electron chi connectivity index (χ1n) is 4.69. The first-order valence-corrected chi connectivity index (χ1v) is 4.69. The van der Waals surface area contributed by atoms with Gasteiger partial charge >= 0.3 is 0 Å². The number of rotatable bonds is 0. The van der Waals surface area contributed by atoms with E-state index in [1.54, 1.807) is 6.20 Å². The SMILES string of the molecule is CC(=O)N1C=Cc2ccccc2C1C#N. The molecule has 0 bridgehead atoms. The average Bonchev–Trinajstić information content (AvgIpc) is 2.27. The van der Waals surface area contributed by atoms with Crippen molar-refractivity contribution in [1.82, 2.24) is 4.90 Å². The van der Waals surface area contributed by atoms with Gasteiger partial charge in [-0.15, -0.1) is 0 Å². The van der Waals surface area contributed by atoms with Crippen LogP contribution in [0.5, 0.6) is 0 Å². The van der Waals surface area contributed by atoms with E-state index in [2.05, 4.69) is 6.07 Å². The van der Waals surface area contributed by atoms with Gasteiger partial charge in [-0.05, 0) is 17.2 Å². The Bertz CT molecular complexity index is 471. The van der Waals surface area contributed by atoms with Crippen LogP contribution in [0.4, 0.5) is 0 Å². The number of carbonyl (C=O) groups excluding carboxylic acids is 1. The van der Waals surface area contributed by atoms with Crippen LogP contribution in [0, 0.1) is 11.3 Å². The van der Waals surface area contributed by atoms with Crippen molar-refractivity contribution in [3.8, 4) is 6.07 Å². The highest BCUT2D eigenvalue weighted by Crippen LogP contribution is 2.29. The number of carbonyl (C=O) groups is 1. The van der Waals surface area contributed by atoms with E-state index in [0.717, 1.165) is 11.1 Å². The van der Waals surface area contributed by atoms with Crippen molar-refractivity contribution in [1.29, 1.82) is 5.26 Å². The number of benzene rings is 1. The normalized spacial score (nSPS) is 18.1. The van der Waals surface area contributed by atoms with Crippen molar-refractivity contribution >= 4 is 12.0 Å². The van der Waals surface area contributed by atoms with Crippen molar-refractivity contribution in [2.45, 2.75) is 13.0 Å². The maximum atomic E-state index is 11.3. The molecule has 1 aliphatic heterocycles. The predicted molar refractivity (Wildman–Crippen MR) is 56.4 cm³/mol. The minimum absolute atomic E-state index is 0.118. The van der Waals surface area contributed by atoms with Crippen LogP contribution in [0.25, 0.3) is 6.08 Å². The lowest BCUT2D eigenvalue weighted by Gasteiger charge is -2.27. The molecular formula is C12H10N2O. The van der Waals surface area contributed by atoms with Crippen molar-refractivity contribution < 1.29 is 4.79 Å². The molecule has 1 atom stereocenters.